The number of hydrogen-bond acceptors (Lipinski definition) is 4. The molecule has 102 valence electrons. The Kier molecular flexibility index (Phi) is 3.02. The fraction of sp³-hybridized carbons (Fsp3) is 0.200. The monoisotopic (exact) mass is 269 g/mol. The minimum atomic E-state index is 0.764. The molecule has 2 aromatic heterocycles. The summed E-state index contributed by atoms with van der Waals surface area (Å²) in [5, 5.41) is 0. The van der Waals surface area contributed by atoms with Gasteiger partial charge >= 0.3 is 0 Å². The molecule has 3 rings (SSSR count). The highest BCUT2D eigenvalue weighted by molar-refractivity contribution is 5.76. The second-order valence-corrected chi connectivity index (χ2v) is 4.49. The molecule has 0 bridgehead atoms. The minimum Gasteiger partial charge on any atom is -0.496 e. The van der Waals surface area contributed by atoms with Crippen molar-refractivity contribution in [3.63, 3.8) is 0 Å². The molecule has 0 saturated carbocycles. The van der Waals surface area contributed by atoms with Gasteiger partial charge in [-0.15, -0.1) is 0 Å². The number of fused-ring (bicyclic) bond motifs is 1. The van der Waals surface area contributed by atoms with Crippen LogP contribution in [-0.2, 0) is 0 Å². The Balaban J connectivity index is 2.33. The average molecular weight is 269 g/mol. The number of aromatic nitrogens is 3. The Hall–Kier alpha value is -2.56. The number of methoxy groups -OCH3 is 2. The van der Waals surface area contributed by atoms with Crippen LogP contribution >= 0.6 is 0 Å². The maximum atomic E-state index is 5.50. The second kappa shape index (κ2) is 4.85. The van der Waals surface area contributed by atoms with E-state index in [0.29, 0.717) is 0 Å². The maximum Gasteiger partial charge on any atom is 0.155 e. The molecule has 0 unspecified atom stereocenters. The van der Waals surface area contributed by atoms with Crippen LogP contribution in [0.2, 0.25) is 0 Å². The first kappa shape index (κ1) is 12.5. The minimum absolute atomic E-state index is 0.764. The van der Waals surface area contributed by atoms with Gasteiger partial charge in [0.05, 0.1) is 37.9 Å². The highest BCUT2D eigenvalue weighted by atomic mass is 16.5. The summed E-state index contributed by atoms with van der Waals surface area (Å²) in [6.45, 7) is 2.01. The van der Waals surface area contributed by atoms with Gasteiger partial charge in [0.25, 0.3) is 0 Å². The first-order chi connectivity index (χ1) is 9.74. The van der Waals surface area contributed by atoms with Crippen LogP contribution in [0.15, 0.2) is 36.9 Å². The lowest BCUT2D eigenvalue weighted by atomic mass is 10.1. The highest BCUT2D eigenvalue weighted by Gasteiger charge is 2.17. The molecule has 1 aromatic carbocycles. The average Bonchev–Trinajstić information content (AvgIpc) is 2.90. The maximum absolute atomic E-state index is 5.50. The molecular formula is C15H15N3O2. The predicted molar refractivity (Wildman–Crippen MR) is 76.3 cm³/mol. The van der Waals surface area contributed by atoms with Gasteiger partial charge < -0.3 is 9.47 Å². The topological polar surface area (TPSA) is 48.7 Å². The van der Waals surface area contributed by atoms with Crippen LogP contribution in [0.1, 0.15) is 5.56 Å². The van der Waals surface area contributed by atoms with Crippen molar-refractivity contribution in [3.8, 4) is 22.8 Å². The summed E-state index contributed by atoms with van der Waals surface area (Å²) in [6, 6.07) is 3.97. The summed E-state index contributed by atoms with van der Waals surface area (Å²) in [6.07, 6.45) is 7.12. The van der Waals surface area contributed by atoms with Gasteiger partial charge in [0.1, 0.15) is 11.5 Å². The molecule has 5 heteroatoms. The normalized spacial score (nSPS) is 10.8. The number of nitrogens with zero attached hydrogens (tertiary/aromatic N) is 3. The third-order valence-corrected chi connectivity index (χ3v) is 3.22. The Morgan fingerprint density at radius 2 is 1.75 bits per heavy atom. The van der Waals surface area contributed by atoms with Gasteiger partial charge in [-0.3, -0.25) is 9.38 Å². The van der Waals surface area contributed by atoms with Crippen LogP contribution in [0.25, 0.3) is 16.9 Å². The van der Waals surface area contributed by atoms with E-state index in [9.17, 15) is 0 Å². The molecule has 3 aromatic rings. The zero-order valence-corrected chi connectivity index (χ0v) is 11.6. The lowest BCUT2D eigenvalue weighted by molar-refractivity contribution is 0.396. The Morgan fingerprint density at radius 1 is 1.05 bits per heavy atom. The molecule has 0 saturated heterocycles. The van der Waals surface area contributed by atoms with Gasteiger partial charge in [0.2, 0.25) is 0 Å². The van der Waals surface area contributed by atoms with Crippen LogP contribution in [-0.4, -0.2) is 28.6 Å². The largest absolute Gasteiger partial charge is 0.496 e. The van der Waals surface area contributed by atoms with Crippen molar-refractivity contribution in [2.24, 2.45) is 0 Å². The number of imidazole rings is 1. The number of rotatable bonds is 3. The zero-order chi connectivity index (χ0) is 14.1. The molecule has 0 aliphatic rings. The smallest absolute Gasteiger partial charge is 0.155 e. The molecule has 0 atom stereocenters. The summed E-state index contributed by atoms with van der Waals surface area (Å²) in [7, 11) is 3.31. The number of ether oxygens (including phenoxy) is 2. The van der Waals surface area contributed by atoms with Crippen molar-refractivity contribution >= 4 is 5.65 Å². The lowest BCUT2D eigenvalue weighted by Crippen LogP contribution is -1.97. The standard InChI is InChI=1S/C15H15N3O2/c1-10-6-12(19-2)15(13(7-10)20-3)11-8-17-14-9-16-4-5-18(11)14/h4-9H,1-3H3. The molecule has 0 N–H and O–H groups in total. The van der Waals surface area contributed by atoms with Crippen molar-refractivity contribution in [1.82, 2.24) is 14.4 Å². The number of aryl methyl sites for hydroxylation is 1. The van der Waals surface area contributed by atoms with E-state index in [1.54, 1.807) is 32.8 Å². The van der Waals surface area contributed by atoms with E-state index in [2.05, 4.69) is 9.97 Å². The summed E-state index contributed by atoms with van der Waals surface area (Å²) in [4.78, 5) is 8.43. The second-order valence-electron chi connectivity index (χ2n) is 4.49. The molecule has 20 heavy (non-hydrogen) atoms. The van der Waals surface area contributed by atoms with E-state index in [1.165, 1.54) is 0 Å². The SMILES string of the molecule is COc1cc(C)cc(OC)c1-c1cnc2cnccn12. The molecule has 2 heterocycles. The van der Waals surface area contributed by atoms with Gasteiger partial charge in [0, 0.05) is 12.4 Å². The Labute approximate surface area is 116 Å². The lowest BCUT2D eigenvalue weighted by Gasteiger charge is -2.14. The molecule has 0 aliphatic carbocycles. The summed E-state index contributed by atoms with van der Waals surface area (Å²) < 4.78 is 13.0. The predicted octanol–water partition coefficient (Wildman–Crippen LogP) is 2.72. The van der Waals surface area contributed by atoms with Crippen molar-refractivity contribution in [2.75, 3.05) is 14.2 Å². The van der Waals surface area contributed by atoms with Crippen molar-refractivity contribution < 1.29 is 9.47 Å². The molecular weight excluding hydrogens is 254 g/mol. The van der Waals surface area contributed by atoms with E-state index in [4.69, 9.17) is 9.47 Å². The molecule has 0 radical (unpaired) electrons. The summed E-state index contributed by atoms with van der Waals surface area (Å²) in [5.74, 6) is 1.53. The van der Waals surface area contributed by atoms with Gasteiger partial charge in [-0.1, -0.05) is 0 Å². The van der Waals surface area contributed by atoms with Crippen molar-refractivity contribution in [3.05, 3.63) is 42.5 Å². The first-order valence-corrected chi connectivity index (χ1v) is 6.24. The first-order valence-electron chi connectivity index (χ1n) is 6.24. The Morgan fingerprint density at radius 3 is 2.40 bits per heavy atom. The third-order valence-electron chi connectivity index (χ3n) is 3.22. The van der Waals surface area contributed by atoms with Crippen LogP contribution < -0.4 is 9.47 Å². The highest BCUT2D eigenvalue weighted by Crippen LogP contribution is 2.39. The van der Waals surface area contributed by atoms with Crippen molar-refractivity contribution in [1.29, 1.82) is 0 Å². The van der Waals surface area contributed by atoms with Crippen LogP contribution in [0.5, 0.6) is 11.5 Å². The van der Waals surface area contributed by atoms with Crippen molar-refractivity contribution in [2.45, 2.75) is 6.92 Å². The molecule has 0 fully saturated rings. The quantitative estimate of drug-likeness (QED) is 0.733. The van der Waals surface area contributed by atoms with Gasteiger partial charge in [0.15, 0.2) is 5.65 Å². The fourth-order valence-electron chi connectivity index (χ4n) is 2.32. The fourth-order valence-corrected chi connectivity index (χ4v) is 2.32. The number of hydrogen-bond donors (Lipinski definition) is 0. The van der Waals surface area contributed by atoms with Crippen LogP contribution in [0.3, 0.4) is 0 Å². The van der Waals surface area contributed by atoms with Crippen LogP contribution in [0, 0.1) is 6.92 Å². The van der Waals surface area contributed by atoms with Crippen LogP contribution in [0.4, 0.5) is 0 Å². The van der Waals surface area contributed by atoms with E-state index < -0.39 is 0 Å². The third kappa shape index (κ3) is 1.87. The van der Waals surface area contributed by atoms with E-state index in [-0.39, 0.29) is 0 Å². The molecule has 0 amide bonds. The van der Waals surface area contributed by atoms with E-state index in [1.807, 2.05) is 29.7 Å². The Bertz CT molecular complexity index is 740. The molecule has 0 aliphatic heterocycles. The van der Waals surface area contributed by atoms with E-state index >= 15 is 0 Å². The van der Waals surface area contributed by atoms with Gasteiger partial charge in [-0.25, -0.2) is 4.98 Å². The number of benzene rings is 1. The molecule has 0 spiro atoms. The zero-order valence-electron chi connectivity index (χ0n) is 11.6. The summed E-state index contributed by atoms with van der Waals surface area (Å²) in [5.41, 5.74) is 3.67. The van der Waals surface area contributed by atoms with Gasteiger partial charge in [-0.05, 0) is 24.6 Å². The molecule has 5 nitrogen and oxygen atoms in total. The van der Waals surface area contributed by atoms with Gasteiger partial charge in [-0.2, -0.15) is 0 Å². The summed E-state index contributed by atoms with van der Waals surface area (Å²) >= 11 is 0. The van der Waals surface area contributed by atoms with E-state index in [0.717, 1.165) is 34.0 Å².